The summed E-state index contributed by atoms with van der Waals surface area (Å²) in [6, 6.07) is 5.36. The van der Waals surface area contributed by atoms with Crippen molar-refractivity contribution >= 4 is 17.3 Å². The summed E-state index contributed by atoms with van der Waals surface area (Å²) in [6.45, 7) is 7.44. The number of anilines is 2. The monoisotopic (exact) mass is 263 g/mol. The number of carbonyl (C=O) groups excluding carboxylic acids is 1. The first-order valence-electron chi connectivity index (χ1n) is 6.68. The van der Waals surface area contributed by atoms with Crippen molar-refractivity contribution in [3.05, 3.63) is 23.8 Å². The lowest BCUT2D eigenvalue weighted by Crippen LogP contribution is -2.22. The Bertz CT molecular complexity index is 441. The summed E-state index contributed by atoms with van der Waals surface area (Å²) in [7, 11) is 3.49. The minimum absolute atomic E-state index is 0.0139. The van der Waals surface area contributed by atoms with Crippen LogP contribution in [0.5, 0.6) is 0 Å². The minimum Gasteiger partial charge on any atom is -0.397 e. The number of amides is 1. The first-order chi connectivity index (χ1) is 8.82. The van der Waals surface area contributed by atoms with Gasteiger partial charge in [0.1, 0.15) is 0 Å². The van der Waals surface area contributed by atoms with Crippen LogP contribution in [-0.2, 0) is 0 Å². The molecule has 1 amide bonds. The second-order valence-corrected chi connectivity index (χ2v) is 5.60. The molecule has 1 atom stereocenters. The van der Waals surface area contributed by atoms with E-state index in [2.05, 4.69) is 26.1 Å². The number of hydrogen-bond acceptors (Lipinski definition) is 3. The molecule has 0 spiro atoms. The maximum absolute atomic E-state index is 11.9. The lowest BCUT2D eigenvalue weighted by atomic mass is 9.98. The van der Waals surface area contributed by atoms with Crippen LogP contribution in [0.4, 0.5) is 11.4 Å². The van der Waals surface area contributed by atoms with Crippen molar-refractivity contribution in [3.63, 3.8) is 0 Å². The van der Waals surface area contributed by atoms with Gasteiger partial charge >= 0.3 is 0 Å². The average Bonchev–Trinajstić information content (AvgIpc) is 2.36. The van der Waals surface area contributed by atoms with E-state index in [0.29, 0.717) is 23.1 Å². The third kappa shape index (κ3) is 4.16. The molecule has 0 radical (unpaired) electrons. The fourth-order valence-electron chi connectivity index (χ4n) is 1.61. The molecule has 0 saturated carbocycles. The molecule has 19 heavy (non-hydrogen) atoms. The molecular formula is C15H25N3O. The number of nitrogens with two attached hydrogens (primary N) is 1. The Kier molecular flexibility index (Phi) is 5.21. The van der Waals surface area contributed by atoms with Crippen molar-refractivity contribution in [1.82, 2.24) is 4.90 Å². The molecule has 0 aliphatic heterocycles. The summed E-state index contributed by atoms with van der Waals surface area (Å²) in [5.74, 6) is 1.15. The van der Waals surface area contributed by atoms with E-state index in [1.807, 2.05) is 6.07 Å². The van der Waals surface area contributed by atoms with Gasteiger partial charge in [0.05, 0.1) is 11.4 Å². The Labute approximate surface area is 116 Å². The predicted octanol–water partition coefficient (Wildman–Crippen LogP) is 2.67. The SMILES string of the molecule is CC(C)C(C)CNc1cc(C(=O)N(C)C)ccc1N. The summed E-state index contributed by atoms with van der Waals surface area (Å²) in [5.41, 5.74) is 8.10. The van der Waals surface area contributed by atoms with E-state index >= 15 is 0 Å². The fourth-order valence-corrected chi connectivity index (χ4v) is 1.61. The maximum atomic E-state index is 11.9. The highest BCUT2D eigenvalue weighted by molar-refractivity contribution is 5.95. The first-order valence-corrected chi connectivity index (χ1v) is 6.68. The van der Waals surface area contributed by atoms with Gasteiger partial charge in [0.25, 0.3) is 5.91 Å². The molecule has 1 aromatic rings. The van der Waals surface area contributed by atoms with Gasteiger partial charge in [-0.05, 0) is 30.0 Å². The minimum atomic E-state index is -0.0139. The molecular weight excluding hydrogens is 238 g/mol. The van der Waals surface area contributed by atoms with Crippen LogP contribution < -0.4 is 11.1 Å². The number of rotatable bonds is 5. The number of benzene rings is 1. The highest BCUT2D eigenvalue weighted by atomic mass is 16.2. The molecule has 1 rings (SSSR count). The van der Waals surface area contributed by atoms with Crippen LogP contribution in [0.1, 0.15) is 31.1 Å². The lowest BCUT2D eigenvalue weighted by Gasteiger charge is -2.19. The van der Waals surface area contributed by atoms with Gasteiger partial charge < -0.3 is 16.0 Å². The van der Waals surface area contributed by atoms with E-state index in [4.69, 9.17) is 5.73 Å². The molecule has 0 fully saturated rings. The normalized spacial score (nSPS) is 12.3. The molecule has 3 N–H and O–H groups in total. The van der Waals surface area contributed by atoms with Crippen molar-refractivity contribution in [1.29, 1.82) is 0 Å². The number of nitrogen functional groups attached to an aromatic ring is 1. The van der Waals surface area contributed by atoms with E-state index in [9.17, 15) is 4.79 Å². The van der Waals surface area contributed by atoms with Crippen molar-refractivity contribution in [3.8, 4) is 0 Å². The Morgan fingerprint density at radius 1 is 1.32 bits per heavy atom. The molecule has 106 valence electrons. The van der Waals surface area contributed by atoms with Crippen LogP contribution in [0.15, 0.2) is 18.2 Å². The molecule has 4 nitrogen and oxygen atoms in total. The number of carbonyl (C=O) groups is 1. The third-order valence-electron chi connectivity index (χ3n) is 3.46. The zero-order valence-electron chi connectivity index (χ0n) is 12.5. The average molecular weight is 263 g/mol. The number of nitrogens with one attached hydrogen (secondary N) is 1. The van der Waals surface area contributed by atoms with Crippen LogP contribution in [0, 0.1) is 11.8 Å². The summed E-state index contributed by atoms with van der Waals surface area (Å²) >= 11 is 0. The van der Waals surface area contributed by atoms with E-state index in [-0.39, 0.29) is 5.91 Å². The van der Waals surface area contributed by atoms with Gasteiger partial charge in [0.2, 0.25) is 0 Å². The second kappa shape index (κ2) is 6.45. The third-order valence-corrected chi connectivity index (χ3v) is 3.46. The van der Waals surface area contributed by atoms with Gasteiger partial charge in [0, 0.05) is 26.2 Å². The first kappa shape index (κ1) is 15.3. The van der Waals surface area contributed by atoms with Crippen LogP contribution in [0.25, 0.3) is 0 Å². The van der Waals surface area contributed by atoms with Gasteiger partial charge in [-0.2, -0.15) is 0 Å². The van der Waals surface area contributed by atoms with Gasteiger partial charge in [0.15, 0.2) is 0 Å². The Morgan fingerprint density at radius 3 is 2.47 bits per heavy atom. The zero-order valence-corrected chi connectivity index (χ0v) is 12.5. The van der Waals surface area contributed by atoms with Crippen LogP contribution in [0.2, 0.25) is 0 Å². The van der Waals surface area contributed by atoms with Crippen LogP contribution in [-0.4, -0.2) is 31.4 Å². The van der Waals surface area contributed by atoms with Crippen LogP contribution >= 0.6 is 0 Å². The van der Waals surface area contributed by atoms with Crippen molar-refractivity contribution in [2.45, 2.75) is 20.8 Å². The van der Waals surface area contributed by atoms with E-state index in [1.165, 1.54) is 0 Å². The highest BCUT2D eigenvalue weighted by Crippen LogP contribution is 2.22. The molecule has 0 aromatic heterocycles. The zero-order chi connectivity index (χ0) is 14.6. The van der Waals surface area contributed by atoms with Crippen molar-refractivity contribution < 1.29 is 4.79 Å². The largest absolute Gasteiger partial charge is 0.397 e. The van der Waals surface area contributed by atoms with Crippen molar-refractivity contribution in [2.24, 2.45) is 11.8 Å². The molecule has 0 aliphatic rings. The Morgan fingerprint density at radius 2 is 1.95 bits per heavy atom. The quantitative estimate of drug-likeness (QED) is 0.803. The molecule has 0 bridgehead atoms. The van der Waals surface area contributed by atoms with Gasteiger partial charge in [-0.25, -0.2) is 0 Å². The maximum Gasteiger partial charge on any atom is 0.253 e. The summed E-state index contributed by atoms with van der Waals surface area (Å²) in [5, 5.41) is 3.33. The lowest BCUT2D eigenvalue weighted by molar-refractivity contribution is 0.0827. The Balaban J connectivity index is 2.83. The molecule has 1 unspecified atom stereocenters. The van der Waals surface area contributed by atoms with Gasteiger partial charge in [-0.3, -0.25) is 4.79 Å². The van der Waals surface area contributed by atoms with Crippen LogP contribution in [0.3, 0.4) is 0 Å². The molecule has 4 heteroatoms. The van der Waals surface area contributed by atoms with Gasteiger partial charge in [-0.1, -0.05) is 20.8 Å². The van der Waals surface area contributed by atoms with E-state index < -0.39 is 0 Å². The predicted molar refractivity (Wildman–Crippen MR) is 81.4 cm³/mol. The molecule has 1 aromatic carbocycles. The topological polar surface area (TPSA) is 58.4 Å². The van der Waals surface area contributed by atoms with Gasteiger partial charge in [-0.15, -0.1) is 0 Å². The summed E-state index contributed by atoms with van der Waals surface area (Å²) < 4.78 is 0. The summed E-state index contributed by atoms with van der Waals surface area (Å²) in [6.07, 6.45) is 0. The second-order valence-electron chi connectivity index (χ2n) is 5.60. The standard InChI is InChI=1S/C15H25N3O/c1-10(2)11(3)9-17-14-8-12(6-7-13(14)16)15(19)18(4)5/h6-8,10-11,17H,9,16H2,1-5H3. The molecule has 0 heterocycles. The molecule has 0 saturated heterocycles. The smallest absolute Gasteiger partial charge is 0.253 e. The van der Waals surface area contributed by atoms with E-state index in [0.717, 1.165) is 12.2 Å². The Hall–Kier alpha value is -1.71. The molecule has 0 aliphatic carbocycles. The highest BCUT2D eigenvalue weighted by Gasteiger charge is 2.11. The number of nitrogens with zero attached hydrogens (tertiary/aromatic N) is 1. The van der Waals surface area contributed by atoms with E-state index in [1.54, 1.807) is 31.1 Å². The summed E-state index contributed by atoms with van der Waals surface area (Å²) in [4.78, 5) is 13.5. The number of hydrogen-bond donors (Lipinski definition) is 2. The van der Waals surface area contributed by atoms with Crippen molar-refractivity contribution in [2.75, 3.05) is 31.7 Å². The fraction of sp³-hybridized carbons (Fsp3) is 0.533.